The van der Waals surface area contributed by atoms with Gasteiger partial charge in [0.1, 0.15) is 0 Å². The molecule has 1 N–H and O–H groups in total. The maximum absolute atomic E-state index is 5.33. The molecule has 0 radical (unpaired) electrons. The van der Waals surface area contributed by atoms with Crippen LogP contribution in [-0.4, -0.2) is 24.2 Å². The maximum Gasteiger partial charge on any atom is 0.183 e. The summed E-state index contributed by atoms with van der Waals surface area (Å²) in [5, 5.41) is 6.44. The molecule has 0 atom stereocenters. The second-order valence-electron chi connectivity index (χ2n) is 3.95. The smallest absolute Gasteiger partial charge is 0.183 e. The van der Waals surface area contributed by atoms with Crippen molar-refractivity contribution in [3.05, 3.63) is 34.0 Å². The van der Waals surface area contributed by atoms with Crippen molar-refractivity contribution < 1.29 is 9.47 Å². The number of thiazole rings is 1. The number of nitrogens with one attached hydrogen (secondary N) is 1. The van der Waals surface area contributed by atoms with Gasteiger partial charge in [-0.1, -0.05) is 0 Å². The van der Waals surface area contributed by atoms with Crippen molar-refractivity contribution in [3.63, 3.8) is 0 Å². The molecular formula is C13H17N3O2S. The Morgan fingerprint density at radius 3 is 2.74 bits per heavy atom. The quantitative estimate of drug-likeness (QED) is 0.878. The Balaban J connectivity index is 1.99. The fourth-order valence-electron chi connectivity index (χ4n) is 1.77. The Hall–Kier alpha value is -1.66. The van der Waals surface area contributed by atoms with Crippen LogP contribution >= 0.6 is 11.3 Å². The first kappa shape index (κ1) is 13.8. The van der Waals surface area contributed by atoms with E-state index in [1.54, 1.807) is 37.8 Å². The molecule has 2 heterocycles. The summed E-state index contributed by atoms with van der Waals surface area (Å²) in [5.41, 5.74) is 1.87. The number of pyridine rings is 1. The van der Waals surface area contributed by atoms with Gasteiger partial charge in [-0.05, 0) is 6.92 Å². The molecule has 0 saturated carbocycles. The van der Waals surface area contributed by atoms with E-state index >= 15 is 0 Å². The lowest BCUT2D eigenvalue weighted by atomic mass is 10.3. The minimum absolute atomic E-state index is 0.608. The first-order chi connectivity index (χ1) is 9.24. The Morgan fingerprint density at radius 2 is 2.11 bits per heavy atom. The fraction of sp³-hybridized carbons (Fsp3) is 0.385. The lowest BCUT2D eigenvalue weighted by Gasteiger charge is -2.11. The molecule has 0 unspecified atom stereocenters. The highest BCUT2D eigenvalue weighted by Gasteiger charge is 2.10. The number of hydrogen-bond acceptors (Lipinski definition) is 6. The zero-order valence-corrected chi connectivity index (χ0v) is 12.1. The van der Waals surface area contributed by atoms with Crippen LogP contribution in [0.1, 0.15) is 16.4 Å². The fourth-order valence-corrected chi connectivity index (χ4v) is 2.39. The van der Waals surface area contributed by atoms with Gasteiger partial charge in [-0.15, -0.1) is 11.3 Å². The molecule has 2 rings (SSSR count). The molecule has 0 bridgehead atoms. The van der Waals surface area contributed by atoms with Gasteiger partial charge < -0.3 is 14.8 Å². The predicted octanol–water partition coefficient (Wildman–Crippen LogP) is 2.15. The van der Waals surface area contributed by atoms with Crippen LogP contribution in [0.25, 0.3) is 0 Å². The van der Waals surface area contributed by atoms with Crippen molar-refractivity contribution in [2.24, 2.45) is 0 Å². The van der Waals surface area contributed by atoms with Crippen LogP contribution in [0.5, 0.6) is 11.5 Å². The van der Waals surface area contributed by atoms with E-state index in [0.717, 1.165) is 16.4 Å². The highest BCUT2D eigenvalue weighted by molar-refractivity contribution is 7.09. The number of aryl methyl sites for hydroxylation is 1. The second kappa shape index (κ2) is 6.49. The van der Waals surface area contributed by atoms with E-state index in [1.807, 2.05) is 6.92 Å². The largest absolute Gasteiger partial charge is 0.493 e. The molecule has 0 aliphatic heterocycles. The van der Waals surface area contributed by atoms with Crippen LogP contribution in [0, 0.1) is 6.92 Å². The zero-order valence-electron chi connectivity index (χ0n) is 11.3. The molecule has 2 aromatic heterocycles. The molecule has 0 aliphatic rings. The number of methoxy groups -OCH3 is 2. The zero-order chi connectivity index (χ0) is 13.7. The van der Waals surface area contributed by atoms with Gasteiger partial charge in [-0.3, -0.25) is 4.98 Å². The summed E-state index contributed by atoms with van der Waals surface area (Å²) >= 11 is 1.65. The van der Waals surface area contributed by atoms with Gasteiger partial charge in [0.25, 0.3) is 0 Å². The van der Waals surface area contributed by atoms with Crippen molar-refractivity contribution in [1.29, 1.82) is 0 Å². The first-order valence-electron chi connectivity index (χ1n) is 5.92. The van der Waals surface area contributed by atoms with Crippen molar-refractivity contribution in [2.45, 2.75) is 20.0 Å². The normalized spacial score (nSPS) is 10.5. The highest BCUT2D eigenvalue weighted by Crippen LogP contribution is 2.28. The Kier molecular flexibility index (Phi) is 4.70. The molecule has 5 nitrogen and oxygen atoms in total. The molecular weight excluding hydrogens is 262 g/mol. The van der Waals surface area contributed by atoms with Gasteiger partial charge in [0.2, 0.25) is 0 Å². The standard InChI is InChI=1S/C13H17N3O2S/c1-9-16-10(8-19-9)6-14-7-11-13(18-3)12(17-2)4-5-15-11/h4-5,8,14H,6-7H2,1-3H3. The summed E-state index contributed by atoms with van der Waals surface area (Å²) in [6, 6.07) is 1.78. The molecule has 0 aromatic carbocycles. The first-order valence-corrected chi connectivity index (χ1v) is 6.80. The summed E-state index contributed by atoms with van der Waals surface area (Å²) in [6.45, 7) is 3.32. The van der Waals surface area contributed by atoms with Crippen molar-refractivity contribution in [3.8, 4) is 11.5 Å². The molecule has 19 heavy (non-hydrogen) atoms. The molecule has 6 heteroatoms. The van der Waals surface area contributed by atoms with Gasteiger partial charge in [0.05, 0.1) is 30.6 Å². The summed E-state index contributed by atoms with van der Waals surface area (Å²) in [5.74, 6) is 1.37. The Bertz CT molecular complexity index is 542. The van der Waals surface area contributed by atoms with E-state index in [1.165, 1.54) is 0 Å². The minimum atomic E-state index is 0.608. The monoisotopic (exact) mass is 279 g/mol. The molecule has 0 fully saturated rings. The average Bonchev–Trinajstić information content (AvgIpc) is 2.84. The summed E-state index contributed by atoms with van der Waals surface area (Å²) in [4.78, 5) is 8.71. The van der Waals surface area contributed by atoms with Crippen LogP contribution in [0.3, 0.4) is 0 Å². The predicted molar refractivity (Wildman–Crippen MR) is 74.7 cm³/mol. The van der Waals surface area contributed by atoms with E-state index in [4.69, 9.17) is 9.47 Å². The van der Waals surface area contributed by atoms with Gasteiger partial charge >= 0.3 is 0 Å². The van der Waals surface area contributed by atoms with E-state index in [-0.39, 0.29) is 0 Å². The SMILES string of the molecule is COc1ccnc(CNCc2csc(C)n2)c1OC. The Labute approximate surface area is 116 Å². The highest BCUT2D eigenvalue weighted by atomic mass is 32.1. The molecule has 0 aliphatic carbocycles. The van der Waals surface area contributed by atoms with Crippen molar-refractivity contribution in [2.75, 3.05) is 14.2 Å². The third kappa shape index (κ3) is 3.42. The van der Waals surface area contributed by atoms with E-state index in [2.05, 4.69) is 20.7 Å². The van der Waals surface area contributed by atoms with Crippen LogP contribution < -0.4 is 14.8 Å². The third-order valence-electron chi connectivity index (χ3n) is 2.63. The molecule has 0 saturated heterocycles. The van der Waals surface area contributed by atoms with Crippen LogP contribution in [0.15, 0.2) is 17.6 Å². The van der Waals surface area contributed by atoms with Crippen LogP contribution in [0.4, 0.5) is 0 Å². The average molecular weight is 279 g/mol. The van der Waals surface area contributed by atoms with Gasteiger partial charge in [0, 0.05) is 30.7 Å². The number of hydrogen-bond donors (Lipinski definition) is 1. The number of rotatable bonds is 6. The van der Waals surface area contributed by atoms with Gasteiger partial charge in [-0.25, -0.2) is 4.98 Å². The van der Waals surface area contributed by atoms with Gasteiger partial charge in [-0.2, -0.15) is 0 Å². The number of nitrogens with zero attached hydrogens (tertiary/aromatic N) is 2. The van der Waals surface area contributed by atoms with Crippen molar-refractivity contribution in [1.82, 2.24) is 15.3 Å². The molecule has 102 valence electrons. The number of aromatic nitrogens is 2. The van der Waals surface area contributed by atoms with E-state index in [0.29, 0.717) is 24.6 Å². The lowest BCUT2D eigenvalue weighted by molar-refractivity contribution is 0.348. The van der Waals surface area contributed by atoms with Crippen LogP contribution in [0.2, 0.25) is 0 Å². The van der Waals surface area contributed by atoms with E-state index in [9.17, 15) is 0 Å². The minimum Gasteiger partial charge on any atom is -0.493 e. The van der Waals surface area contributed by atoms with Crippen LogP contribution in [-0.2, 0) is 13.1 Å². The molecule has 0 spiro atoms. The third-order valence-corrected chi connectivity index (χ3v) is 3.45. The van der Waals surface area contributed by atoms with Crippen molar-refractivity contribution >= 4 is 11.3 Å². The Morgan fingerprint density at radius 1 is 1.26 bits per heavy atom. The van der Waals surface area contributed by atoms with E-state index < -0.39 is 0 Å². The summed E-state index contributed by atoms with van der Waals surface area (Å²) in [7, 11) is 3.24. The molecule has 0 amide bonds. The van der Waals surface area contributed by atoms with Gasteiger partial charge in [0.15, 0.2) is 11.5 Å². The second-order valence-corrected chi connectivity index (χ2v) is 5.02. The summed E-state index contributed by atoms with van der Waals surface area (Å²) in [6.07, 6.45) is 1.71. The summed E-state index contributed by atoms with van der Waals surface area (Å²) < 4.78 is 10.6. The lowest BCUT2D eigenvalue weighted by Crippen LogP contribution is -2.15. The maximum atomic E-state index is 5.33. The topological polar surface area (TPSA) is 56.3 Å². The molecule has 2 aromatic rings. The number of ether oxygens (including phenoxy) is 2.